The molecule has 72 valence electrons. The summed E-state index contributed by atoms with van der Waals surface area (Å²) in [5, 5.41) is 17.5. The fraction of sp³-hybridized carbons (Fsp3) is 0.375. The van der Waals surface area contributed by atoms with E-state index in [1.165, 1.54) is 0 Å². The van der Waals surface area contributed by atoms with Crippen LogP contribution in [0.2, 0.25) is 0 Å². The molecule has 0 fully saturated rings. The van der Waals surface area contributed by atoms with Gasteiger partial charge in [-0.3, -0.25) is 0 Å². The zero-order valence-corrected chi connectivity index (χ0v) is 7.05. The number of aliphatic hydroxyl groups is 2. The third kappa shape index (κ3) is 2.89. The molecule has 0 amide bonds. The summed E-state index contributed by atoms with van der Waals surface area (Å²) in [6.45, 7) is -0.327. The largest absolute Gasteiger partial charge is 0.487 e. The minimum atomic E-state index is -0.889. The molecule has 1 atom stereocenters. The summed E-state index contributed by atoms with van der Waals surface area (Å²) in [7, 11) is 0. The molecule has 0 aromatic carbocycles. The third-order valence-corrected chi connectivity index (χ3v) is 1.44. The molecule has 4 N–H and O–H groups in total. The minimum Gasteiger partial charge on any atom is -0.487 e. The van der Waals surface area contributed by atoms with Gasteiger partial charge in [-0.15, -0.1) is 0 Å². The molecule has 0 bridgehead atoms. The van der Waals surface area contributed by atoms with E-state index in [-0.39, 0.29) is 19.0 Å². The van der Waals surface area contributed by atoms with Crippen LogP contribution in [0.3, 0.4) is 0 Å². The van der Waals surface area contributed by atoms with E-state index in [0.717, 1.165) is 0 Å². The smallest absolute Gasteiger partial charge is 0.166 e. The van der Waals surface area contributed by atoms with Crippen molar-refractivity contribution in [3.05, 3.63) is 18.3 Å². The maximum Gasteiger partial charge on any atom is 0.166 e. The lowest BCUT2D eigenvalue weighted by molar-refractivity contribution is 0.0537. The van der Waals surface area contributed by atoms with Gasteiger partial charge in [0.15, 0.2) is 11.6 Å². The van der Waals surface area contributed by atoms with Crippen molar-refractivity contribution in [2.45, 2.75) is 6.10 Å². The Labute approximate surface area is 75.8 Å². The summed E-state index contributed by atoms with van der Waals surface area (Å²) >= 11 is 0. The standard InChI is InChI=1S/C8H12N2O3/c9-8-7(2-1-3-10-8)13-5-6(12)4-11/h1-3,6,11-12H,4-5H2,(H2,9,10). The Kier molecular flexibility index (Phi) is 3.48. The van der Waals surface area contributed by atoms with Crippen LogP contribution in [0.1, 0.15) is 0 Å². The van der Waals surface area contributed by atoms with Gasteiger partial charge in [-0.1, -0.05) is 0 Å². The Balaban J connectivity index is 2.50. The summed E-state index contributed by atoms with van der Waals surface area (Å²) in [6.07, 6.45) is 0.657. The van der Waals surface area contributed by atoms with Gasteiger partial charge in [0.25, 0.3) is 0 Å². The molecular formula is C8H12N2O3. The van der Waals surface area contributed by atoms with Gasteiger partial charge >= 0.3 is 0 Å². The van der Waals surface area contributed by atoms with E-state index in [9.17, 15) is 0 Å². The maximum atomic E-state index is 8.97. The molecule has 1 aromatic rings. The summed E-state index contributed by atoms with van der Waals surface area (Å²) in [6, 6.07) is 3.32. The van der Waals surface area contributed by atoms with E-state index in [0.29, 0.717) is 5.75 Å². The number of aromatic nitrogens is 1. The van der Waals surface area contributed by atoms with Crippen LogP contribution >= 0.6 is 0 Å². The highest BCUT2D eigenvalue weighted by molar-refractivity contribution is 5.44. The molecule has 5 nitrogen and oxygen atoms in total. The minimum absolute atomic E-state index is 0.00634. The van der Waals surface area contributed by atoms with Crippen molar-refractivity contribution >= 4 is 5.82 Å². The van der Waals surface area contributed by atoms with E-state index in [1.54, 1.807) is 18.3 Å². The Morgan fingerprint density at radius 1 is 1.62 bits per heavy atom. The fourth-order valence-electron chi connectivity index (χ4n) is 0.763. The van der Waals surface area contributed by atoms with Crippen molar-refractivity contribution in [3.8, 4) is 5.75 Å². The van der Waals surface area contributed by atoms with Crippen molar-refractivity contribution in [2.24, 2.45) is 0 Å². The molecule has 0 aliphatic rings. The molecule has 0 spiro atoms. The van der Waals surface area contributed by atoms with E-state index >= 15 is 0 Å². The number of aliphatic hydroxyl groups excluding tert-OH is 2. The Bertz CT molecular complexity index is 267. The predicted octanol–water partition coefficient (Wildman–Crippen LogP) is -0.604. The van der Waals surface area contributed by atoms with Crippen LogP contribution in [0, 0.1) is 0 Å². The lowest BCUT2D eigenvalue weighted by Crippen LogP contribution is -2.21. The van der Waals surface area contributed by atoms with Crippen LogP contribution in [0.15, 0.2) is 18.3 Å². The van der Waals surface area contributed by atoms with Gasteiger partial charge < -0.3 is 20.7 Å². The molecule has 1 heterocycles. The average Bonchev–Trinajstić information content (AvgIpc) is 2.16. The molecule has 0 radical (unpaired) electrons. The Morgan fingerprint density at radius 3 is 3.00 bits per heavy atom. The lowest BCUT2D eigenvalue weighted by atomic mass is 10.4. The highest BCUT2D eigenvalue weighted by atomic mass is 16.5. The first kappa shape index (κ1) is 9.76. The van der Waals surface area contributed by atoms with Gasteiger partial charge in [-0.25, -0.2) is 4.98 Å². The zero-order valence-electron chi connectivity index (χ0n) is 7.05. The first-order valence-corrected chi connectivity index (χ1v) is 3.86. The Hall–Kier alpha value is -1.33. The molecule has 13 heavy (non-hydrogen) atoms. The van der Waals surface area contributed by atoms with Gasteiger partial charge in [0.2, 0.25) is 0 Å². The number of nitrogens with zero attached hydrogens (tertiary/aromatic N) is 1. The highest BCUT2D eigenvalue weighted by Gasteiger charge is 2.04. The second-order valence-corrected chi connectivity index (χ2v) is 2.53. The number of anilines is 1. The van der Waals surface area contributed by atoms with E-state index in [2.05, 4.69) is 4.98 Å². The lowest BCUT2D eigenvalue weighted by Gasteiger charge is -2.10. The van der Waals surface area contributed by atoms with Crippen LogP contribution in [0.25, 0.3) is 0 Å². The van der Waals surface area contributed by atoms with Crippen molar-refractivity contribution < 1.29 is 14.9 Å². The van der Waals surface area contributed by atoms with Crippen LogP contribution in [-0.4, -0.2) is 34.5 Å². The molecule has 1 rings (SSSR count). The summed E-state index contributed by atoms with van der Waals surface area (Å²) in [5.74, 6) is 0.683. The van der Waals surface area contributed by atoms with Crippen molar-refractivity contribution in [3.63, 3.8) is 0 Å². The number of hydrogen-bond acceptors (Lipinski definition) is 5. The number of ether oxygens (including phenoxy) is 1. The Morgan fingerprint density at radius 2 is 2.38 bits per heavy atom. The van der Waals surface area contributed by atoms with Crippen molar-refractivity contribution in [1.82, 2.24) is 4.98 Å². The summed E-state index contributed by atoms with van der Waals surface area (Å²) in [4.78, 5) is 3.79. The second kappa shape index (κ2) is 4.64. The monoisotopic (exact) mass is 184 g/mol. The SMILES string of the molecule is Nc1ncccc1OCC(O)CO. The van der Waals surface area contributed by atoms with Crippen LogP contribution < -0.4 is 10.5 Å². The topological polar surface area (TPSA) is 88.6 Å². The van der Waals surface area contributed by atoms with Gasteiger partial charge in [0.05, 0.1) is 6.61 Å². The molecule has 1 unspecified atom stereocenters. The molecule has 5 heteroatoms. The van der Waals surface area contributed by atoms with Gasteiger partial charge in [-0.05, 0) is 12.1 Å². The molecule has 0 aliphatic carbocycles. The number of pyridine rings is 1. The molecule has 1 aromatic heterocycles. The summed E-state index contributed by atoms with van der Waals surface area (Å²) in [5.41, 5.74) is 5.47. The molecule has 0 aliphatic heterocycles. The van der Waals surface area contributed by atoms with Gasteiger partial charge in [0.1, 0.15) is 12.7 Å². The maximum absolute atomic E-state index is 8.97. The van der Waals surface area contributed by atoms with Crippen molar-refractivity contribution in [1.29, 1.82) is 0 Å². The number of nitrogens with two attached hydrogens (primary N) is 1. The molecule has 0 saturated heterocycles. The van der Waals surface area contributed by atoms with Crippen LogP contribution in [0.4, 0.5) is 5.82 Å². The normalized spacial score (nSPS) is 12.5. The third-order valence-electron chi connectivity index (χ3n) is 1.44. The van der Waals surface area contributed by atoms with Gasteiger partial charge in [-0.2, -0.15) is 0 Å². The van der Waals surface area contributed by atoms with Crippen LogP contribution in [0.5, 0.6) is 5.75 Å². The van der Waals surface area contributed by atoms with E-state index < -0.39 is 6.10 Å². The zero-order chi connectivity index (χ0) is 9.68. The average molecular weight is 184 g/mol. The first-order valence-electron chi connectivity index (χ1n) is 3.86. The number of hydrogen-bond donors (Lipinski definition) is 3. The van der Waals surface area contributed by atoms with Crippen molar-refractivity contribution in [2.75, 3.05) is 18.9 Å². The highest BCUT2D eigenvalue weighted by Crippen LogP contribution is 2.16. The first-order chi connectivity index (χ1) is 6.24. The van der Waals surface area contributed by atoms with Gasteiger partial charge in [0, 0.05) is 6.20 Å². The number of nitrogen functional groups attached to an aromatic ring is 1. The van der Waals surface area contributed by atoms with E-state index in [1.807, 2.05) is 0 Å². The second-order valence-electron chi connectivity index (χ2n) is 2.53. The molecule has 0 saturated carbocycles. The quantitative estimate of drug-likeness (QED) is 0.581. The van der Waals surface area contributed by atoms with Crippen LogP contribution in [-0.2, 0) is 0 Å². The number of rotatable bonds is 4. The predicted molar refractivity (Wildman–Crippen MR) is 47.2 cm³/mol. The summed E-state index contributed by atoms with van der Waals surface area (Å²) < 4.78 is 5.09. The molecular weight excluding hydrogens is 172 g/mol. The fourth-order valence-corrected chi connectivity index (χ4v) is 0.763. The van der Waals surface area contributed by atoms with E-state index in [4.69, 9.17) is 20.7 Å².